The van der Waals surface area contributed by atoms with Gasteiger partial charge in [0.05, 0.1) is 36.3 Å². The summed E-state index contributed by atoms with van der Waals surface area (Å²) in [5.41, 5.74) is -1.54. The number of anilines is 1. The van der Waals surface area contributed by atoms with Crippen molar-refractivity contribution in [3.8, 4) is 0 Å². The highest BCUT2D eigenvalue weighted by atomic mass is 16.7. The molecule has 0 N–H and O–H groups in total. The van der Waals surface area contributed by atoms with Crippen LogP contribution in [0.25, 0.3) is 0 Å². The van der Waals surface area contributed by atoms with Gasteiger partial charge in [0.2, 0.25) is 11.8 Å². The Bertz CT molecular complexity index is 1020. The van der Waals surface area contributed by atoms with E-state index >= 15 is 0 Å². The second kappa shape index (κ2) is 7.31. The van der Waals surface area contributed by atoms with Gasteiger partial charge in [0.25, 0.3) is 6.29 Å². The summed E-state index contributed by atoms with van der Waals surface area (Å²) < 4.78 is 21.0. The van der Waals surface area contributed by atoms with Crippen LogP contribution in [0, 0.1) is 11.8 Å². The summed E-state index contributed by atoms with van der Waals surface area (Å²) in [6, 6.07) is 6.06. The van der Waals surface area contributed by atoms with E-state index in [1.807, 2.05) is 0 Å². The number of nitrogens with zero attached hydrogens (tertiary/aromatic N) is 1. The van der Waals surface area contributed by atoms with Crippen LogP contribution >= 0.6 is 0 Å². The Balaban J connectivity index is 1.77. The number of para-hydroxylation sites is 1. The van der Waals surface area contributed by atoms with Crippen LogP contribution in [0.5, 0.6) is 0 Å². The van der Waals surface area contributed by atoms with Gasteiger partial charge in [-0.3, -0.25) is 19.2 Å². The largest absolute Gasteiger partial charge is 0.465 e. The molecular weight excluding hydrogens is 410 g/mol. The minimum atomic E-state index is -1.66. The number of hydrogen-bond donors (Lipinski definition) is 0. The van der Waals surface area contributed by atoms with E-state index in [0.717, 1.165) is 18.7 Å². The molecule has 3 heterocycles. The number of fused-ring (bicyclic) bond motifs is 5. The number of amides is 2. The number of methoxy groups -OCH3 is 1. The molecule has 1 aromatic rings. The number of ether oxygens (including phenoxy) is 4. The monoisotopic (exact) mass is 429 g/mol. The van der Waals surface area contributed by atoms with Gasteiger partial charge in [0.1, 0.15) is 0 Å². The van der Waals surface area contributed by atoms with Crippen molar-refractivity contribution in [2.75, 3.05) is 12.0 Å². The fourth-order valence-electron chi connectivity index (χ4n) is 4.41. The zero-order valence-electron chi connectivity index (χ0n) is 16.9. The highest BCUT2D eigenvalue weighted by molar-refractivity contribution is 6.25. The first-order valence-corrected chi connectivity index (χ1v) is 9.48. The van der Waals surface area contributed by atoms with Crippen LogP contribution in [0.2, 0.25) is 0 Å². The summed E-state index contributed by atoms with van der Waals surface area (Å²) in [4.78, 5) is 63.1. The van der Waals surface area contributed by atoms with E-state index in [1.54, 1.807) is 18.2 Å². The van der Waals surface area contributed by atoms with Crippen molar-refractivity contribution < 1.29 is 42.9 Å². The van der Waals surface area contributed by atoms with Crippen LogP contribution < -0.4 is 4.90 Å². The van der Waals surface area contributed by atoms with E-state index in [0.29, 0.717) is 0 Å². The van der Waals surface area contributed by atoms with Crippen LogP contribution in [-0.4, -0.2) is 54.8 Å². The highest BCUT2D eigenvalue weighted by Crippen LogP contribution is 2.55. The van der Waals surface area contributed by atoms with Gasteiger partial charge in [-0.25, -0.2) is 9.69 Å². The third-order valence-corrected chi connectivity index (χ3v) is 5.54. The number of hydrogen-bond acceptors (Lipinski definition) is 9. The van der Waals surface area contributed by atoms with Crippen molar-refractivity contribution in [1.82, 2.24) is 0 Å². The molecule has 4 atom stereocenters. The SMILES string of the molecule is COC(=O)c1ccccc1N1C(=O)[C@@H]2[C@H]3C=C[C@](C(OC(C)=O)OC(C)=O)(O3)[C@H]2C1=O. The Hall–Kier alpha value is -3.53. The molecule has 0 radical (unpaired) electrons. The van der Waals surface area contributed by atoms with Gasteiger partial charge in [0, 0.05) is 13.8 Å². The predicted octanol–water partition coefficient (Wildman–Crippen LogP) is 0.738. The number of carbonyl (C=O) groups excluding carboxylic acids is 5. The average Bonchev–Trinajstić information content (AvgIpc) is 3.37. The van der Waals surface area contributed by atoms with Gasteiger partial charge in [-0.1, -0.05) is 18.2 Å². The Morgan fingerprint density at radius 1 is 1.06 bits per heavy atom. The van der Waals surface area contributed by atoms with E-state index in [-0.39, 0.29) is 11.3 Å². The number of imide groups is 1. The molecule has 4 rings (SSSR count). The first-order chi connectivity index (χ1) is 14.7. The van der Waals surface area contributed by atoms with Crippen molar-refractivity contribution in [3.05, 3.63) is 42.0 Å². The molecule has 3 aliphatic heterocycles. The molecule has 2 fully saturated rings. The smallest absolute Gasteiger partial charge is 0.339 e. The van der Waals surface area contributed by atoms with Gasteiger partial charge in [-0.2, -0.15) is 0 Å². The quantitative estimate of drug-likeness (QED) is 0.288. The van der Waals surface area contributed by atoms with Crippen molar-refractivity contribution in [3.63, 3.8) is 0 Å². The maximum Gasteiger partial charge on any atom is 0.339 e. The van der Waals surface area contributed by atoms with Crippen molar-refractivity contribution in [2.24, 2.45) is 11.8 Å². The minimum absolute atomic E-state index is 0.0402. The molecule has 0 aliphatic carbocycles. The van der Waals surface area contributed by atoms with Crippen molar-refractivity contribution >= 4 is 35.4 Å². The first kappa shape index (κ1) is 20.7. The molecule has 0 spiro atoms. The zero-order chi connectivity index (χ0) is 22.5. The van der Waals surface area contributed by atoms with Crippen molar-refractivity contribution in [2.45, 2.75) is 31.8 Å². The van der Waals surface area contributed by atoms with E-state index < -0.39 is 59.6 Å². The summed E-state index contributed by atoms with van der Waals surface area (Å²) in [6.07, 6.45) is 0.704. The van der Waals surface area contributed by atoms with Crippen LogP contribution in [0.1, 0.15) is 24.2 Å². The molecule has 31 heavy (non-hydrogen) atoms. The van der Waals surface area contributed by atoms with Crippen molar-refractivity contribution in [1.29, 1.82) is 0 Å². The van der Waals surface area contributed by atoms with Crippen LogP contribution in [0.15, 0.2) is 36.4 Å². The van der Waals surface area contributed by atoms with E-state index in [4.69, 9.17) is 18.9 Å². The number of benzene rings is 1. The lowest BCUT2D eigenvalue weighted by atomic mass is 9.76. The van der Waals surface area contributed by atoms with E-state index in [9.17, 15) is 24.0 Å². The third-order valence-electron chi connectivity index (χ3n) is 5.54. The zero-order valence-corrected chi connectivity index (χ0v) is 16.9. The molecule has 10 nitrogen and oxygen atoms in total. The molecule has 0 saturated carbocycles. The average molecular weight is 429 g/mol. The molecule has 2 amide bonds. The lowest BCUT2D eigenvalue weighted by Crippen LogP contribution is -2.52. The first-order valence-electron chi connectivity index (χ1n) is 9.48. The lowest BCUT2D eigenvalue weighted by molar-refractivity contribution is -0.226. The second-order valence-corrected chi connectivity index (χ2v) is 7.37. The van der Waals surface area contributed by atoms with Crippen LogP contribution in [0.3, 0.4) is 0 Å². The Kier molecular flexibility index (Phi) is 4.89. The predicted molar refractivity (Wildman–Crippen MR) is 101 cm³/mol. The number of rotatable bonds is 5. The summed E-state index contributed by atoms with van der Waals surface area (Å²) in [7, 11) is 1.19. The Morgan fingerprint density at radius 3 is 2.32 bits per heavy atom. The fraction of sp³-hybridized carbons (Fsp3) is 0.381. The highest BCUT2D eigenvalue weighted by Gasteiger charge is 2.72. The summed E-state index contributed by atoms with van der Waals surface area (Å²) in [5.74, 6) is -5.52. The second-order valence-electron chi connectivity index (χ2n) is 7.37. The van der Waals surface area contributed by atoms with Gasteiger partial charge >= 0.3 is 17.9 Å². The summed E-state index contributed by atoms with van der Waals surface area (Å²) >= 11 is 0. The van der Waals surface area contributed by atoms with Gasteiger partial charge in [-0.15, -0.1) is 0 Å². The van der Waals surface area contributed by atoms with Crippen LogP contribution in [-0.2, 0) is 38.1 Å². The molecule has 0 unspecified atom stereocenters. The Labute approximate surface area is 176 Å². The molecule has 1 aromatic carbocycles. The number of esters is 3. The lowest BCUT2D eigenvalue weighted by Gasteiger charge is -2.34. The minimum Gasteiger partial charge on any atom is -0.465 e. The maximum atomic E-state index is 13.5. The molecule has 0 aromatic heterocycles. The third kappa shape index (κ3) is 3.02. The fourth-order valence-corrected chi connectivity index (χ4v) is 4.41. The molecule has 10 heteroatoms. The standard InChI is InChI=1S/C21H19NO9/c1-10(23)29-20(30-11(2)24)21-9-8-14(31-21)15-16(21)18(26)22(17(15)25)13-7-5-4-6-12(13)19(27)28-3/h4-9,14-16,20H,1-3H3/t14-,15-,16-,21+/m1/s1. The van der Waals surface area contributed by atoms with Gasteiger partial charge in [0.15, 0.2) is 5.60 Å². The molecular formula is C21H19NO9. The molecule has 2 bridgehead atoms. The molecule has 162 valence electrons. The maximum absolute atomic E-state index is 13.5. The normalized spacial score (nSPS) is 28.1. The topological polar surface area (TPSA) is 126 Å². The van der Waals surface area contributed by atoms with E-state index in [2.05, 4.69) is 0 Å². The van der Waals surface area contributed by atoms with Gasteiger partial charge < -0.3 is 18.9 Å². The Morgan fingerprint density at radius 2 is 1.71 bits per heavy atom. The number of carbonyl (C=O) groups is 5. The van der Waals surface area contributed by atoms with E-state index in [1.165, 1.54) is 25.3 Å². The molecule has 3 aliphatic rings. The van der Waals surface area contributed by atoms with Crippen LogP contribution in [0.4, 0.5) is 5.69 Å². The van der Waals surface area contributed by atoms with Gasteiger partial charge in [-0.05, 0) is 18.2 Å². The molecule has 2 saturated heterocycles. The summed E-state index contributed by atoms with van der Waals surface area (Å²) in [6.45, 7) is 2.24. The summed E-state index contributed by atoms with van der Waals surface area (Å²) in [5, 5.41) is 0.